The predicted molar refractivity (Wildman–Crippen MR) is 60.3 cm³/mol. The lowest BCUT2D eigenvalue weighted by molar-refractivity contribution is -0.133. The van der Waals surface area contributed by atoms with Crippen molar-refractivity contribution in [3.63, 3.8) is 0 Å². The van der Waals surface area contributed by atoms with Crippen molar-refractivity contribution in [1.29, 1.82) is 0 Å². The summed E-state index contributed by atoms with van der Waals surface area (Å²) in [6.45, 7) is 11.9. The molecule has 0 aromatic carbocycles. The number of hydrogen-bond acceptors (Lipinski definition) is 2. The molecule has 0 aromatic heterocycles. The van der Waals surface area contributed by atoms with Crippen LogP contribution in [0, 0.1) is 5.41 Å². The summed E-state index contributed by atoms with van der Waals surface area (Å²) in [5, 5.41) is 0. The fraction of sp³-hybridized carbons (Fsp3) is 0.833. The second kappa shape index (κ2) is 7.72. The second-order valence-electron chi connectivity index (χ2n) is 3.77. The highest BCUT2D eigenvalue weighted by atomic mass is 16.1. The van der Waals surface area contributed by atoms with Crippen LogP contribution in [0.3, 0.4) is 0 Å². The lowest BCUT2D eigenvalue weighted by Gasteiger charge is -2.26. The van der Waals surface area contributed by atoms with E-state index in [9.17, 15) is 9.59 Å². The first-order chi connectivity index (χ1) is 6.49. The molecule has 0 saturated heterocycles. The summed E-state index contributed by atoms with van der Waals surface area (Å²) in [7, 11) is 0. The van der Waals surface area contributed by atoms with Gasteiger partial charge in [0.15, 0.2) is 0 Å². The van der Waals surface area contributed by atoms with E-state index in [1.165, 1.54) is 0 Å². The van der Waals surface area contributed by atoms with E-state index in [-0.39, 0.29) is 23.4 Å². The Bertz CT molecular complexity index is 163. The largest absolute Gasteiger partial charge is 0.299 e. The molecule has 0 unspecified atom stereocenters. The van der Waals surface area contributed by atoms with Gasteiger partial charge >= 0.3 is 0 Å². The van der Waals surface area contributed by atoms with Crippen LogP contribution in [0.5, 0.6) is 0 Å². The van der Waals surface area contributed by atoms with E-state index in [1.807, 2.05) is 41.5 Å². The summed E-state index contributed by atoms with van der Waals surface area (Å²) < 4.78 is 0. The summed E-state index contributed by atoms with van der Waals surface area (Å²) in [6.07, 6.45) is 1.31. The Labute approximate surface area is 88.1 Å². The number of ketones is 2. The second-order valence-corrected chi connectivity index (χ2v) is 3.77. The first-order valence-corrected chi connectivity index (χ1v) is 5.53. The lowest BCUT2D eigenvalue weighted by atomic mass is 9.76. The first-order valence-electron chi connectivity index (χ1n) is 5.53. The number of Topliss-reactive ketones (excluding diaryl/α,β-unsaturated/α-hetero) is 2. The number of carbonyl (C=O) groups is 2. The third kappa shape index (κ3) is 6.81. The van der Waals surface area contributed by atoms with Crippen molar-refractivity contribution >= 4 is 11.6 Å². The van der Waals surface area contributed by atoms with E-state index in [4.69, 9.17) is 0 Å². The van der Waals surface area contributed by atoms with E-state index in [0.717, 1.165) is 0 Å². The molecule has 0 aliphatic heterocycles. The van der Waals surface area contributed by atoms with Gasteiger partial charge in [-0.1, -0.05) is 41.5 Å². The zero-order valence-electron chi connectivity index (χ0n) is 10.4. The smallest absolute Gasteiger partial charge is 0.140 e. The van der Waals surface area contributed by atoms with E-state index in [2.05, 4.69) is 0 Å². The van der Waals surface area contributed by atoms with Crippen LogP contribution in [0.2, 0.25) is 0 Å². The molecule has 2 nitrogen and oxygen atoms in total. The number of rotatable bonds is 0. The summed E-state index contributed by atoms with van der Waals surface area (Å²) in [4.78, 5) is 21.7. The van der Waals surface area contributed by atoms with E-state index >= 15 is 0 Å². The van der Waals surface area contributed by atoms with Gasteiger partial charge in [-0.2, -0.15) is 0 Å². The van der Waals surface area contributed by atoms with Crippen LogP contribution < -0.4 is 0 Å². The normalized spacial score (nSPS) is 18.7. The Balaban J connectivity index is 0. The van der Waals surface area contributed by atoms with Gasteiger partial charge in [-0.15, -0.1) is 0 Å². The van der Waals surface area contributed by atoms with Crippen molar-refractivity contribution in [3.8, 4) is 0 Å². The molecular formula is C12H24O2. The third-order valence-corrected chi connectivity index (χ3v) is 1.75. The van der Waals surface area contributed by atoms with Crippen molar-refractivity contribution in [2.24, 2.45) is 5.41 Å². The minimum Gasteiger partial charge on any atom is -0.299 e. The van der Waals surface area contributed by atoms with Crippen LogP contribution in [-0.4, -0.2) is 11.6 Å². The molecule has 0 aromatic rings. The van der Waals surface area contributed by atoms with Crippen LogP contribution in [0.15, 0.2) is 0 Å². The van der Waals surface area contributed by atoms with Crippen LogP contribution >= 0.6 is 0 Å². The summed E-state index contributed by atoms with van der Waals surface area (Å²) in [5.41, 5.74) is -0.0770. The van der Waals surface area contributed by atoms with E-state index < -0.39 is 0 Å². The molecule has 1 saturated carbocycles. The molecule has 0 heterocycles. The molecule has 0 radical (unpaired) electrons. The highest BCUT2D eigenvalue weighted by Crippen LogP contribution is 2.30. The number of carbonyl (C=O) groups excluding carboxylic acids is 2. The van der Waals surface area contributed by atoms with Crippen LogP contribution in [0.1, 0.15) is 60.8 Å². The first kappa shape index (κ1) is 15.8. The molecule has 1 aliphatic rings. The molecule has 14 heavy (non-hydrogen) atoms. The molecule has 2 heteroatoms. The Kier molecular flexibility index (Phi) is 8.71. The molecule has 0 amide bonds. The van der Waals surface area contributed by atoms with Gasteiger partial charge < -0.3 is 0 Å². The monoisotopic (exact) mass is 200 g/mol. The Hall–Kier alpha value is -0.660. The van der Waals surface area contributed by atoms with Crippen molar-refractivity contribution in [2.45, 2.75) is 60.8 Å². The van der Waals surface area contributed by atoms with Crippen molar-refractivity contribution in [3.05, 3.63) is 0 Å². The zero-order chi connectivity index (χ0) is 11.8. The van der Waals surface area contributed by atoms with Crippen LogP contribution in [-0.2, 0) is 9.59 Å². The predicted octanol–water partition coefficient (Wildman–Crippen LogP) is 3.39. The van der Waals surface area contributed by atoms with Gasteiger partial charge in [0.1, 0.15) is 11.6 Å². The van der Waals surface area contributed by atoms with Crippen molar-refractivity contribution in [1.82, 2.24) is 0 Å². The van der Waals surface area contributed by atoms with Crippen molar-refractivity contribution in [2.75, 3.05) is 0 Å². The highest BCUT2D eigenvalue weighted by molar-refractivity contribution is 6.01. The van der Waals surface area contributed by atoms with Gasteiger partial charge in [0, 0.05) is 12.8 Å². The molecule has 0 N–H and O–H groups in total. The molecule has 1 fully saturated rings. The summed E-state index contributed by atoms with van der Waals surface area (Å²) in [6, 6.07) is 0. The van der Waals surface area contributed by atoms with Gasteiger partial charge in [-0.05, 0) is 5.41 Å². The van der Waals surface area contributed by atoms with Crippen LogP contribution in [0.25, 0.3) is 0 Å². The maximum atomic E-state index is 10.9. The molecule has 1 rings (SSSR count). The van der Waals surface area contributed by atoms with Gasteiger partial charge in [-0.25, -0.2) is 0 Å². The Morgan fingerprint density at radius 3 is 1.36 bits per heavy atom. The maximum absolute atomic E-state index is 10.9. The molecule has 0 spiro atoms. The zero-order valence-corrected chi connectivity index (χ0v) is 10.4. The minimum atomic E-state index is -0.0770. The Morgan fingerprint density at radius 1 is 0.857 bits per heavy atom. The summed E-state index contributed by atoms with van der Waals surface area (Å²) >= 11 is 0. The van der Waals surface area contributed by atoms with Gasteiger partial charge in [0.2, 0.25) is 0 Å². The topological polar surface area (TPSA) is 34.1 Å². The van der Waals surface area contributed by atoms with Gasteiger partial charge in [-0.3, -0.25) is 9.59 Å². The third-order valence-electron chi connectivity index (χ3n) is 1.75. The highest BCUT2D eigenvalue weighted by Gasteiger charge is 2.31. The molecular weight excluding hydrogens is 176 g/mol. The quantitative estimate of drug-likeness (QED) is 0.562. The fourth-order valence-electron chi connectivity index (χ4n) is 1.47. The van der Waals surface area contributed by atoms with Gasteiger partial charge in [0.25, 0.3) is 0 Å². The van der Waals surface area contributed by atoms with E-state index in [1.54, 1.807) is 0 Å². The number of hydrogen-bond donors (Lipinski definition) is 0. The molecule has 0 atom stereocenters. The fourth-order valence-corrected chi connectivity index (χ4v) is 1.47. The van der Waals surface area contributed by atoms with Crippen LogP contribution in [0.4, 0.5) is 0 Å². The summed E-state index contributed by atoms with van der Waals surface area (Å²) in [5.74, 6) is 0.197. The average Bonchev–Trinajstić information content (AvgIpc) is 2.07. The standard InChI is InChI=1S/C8H12O2.2C2H6/c1-8(2)4-6(9)3-7(10)5-8;2*1-2/h3-5H2,1-2H3;2*1-2H3. The SMILES string of the molecule is CC.CC.CC1(C)CC(=O)CC(=O)C1. The molecule has 0 bridgehead atoms. The average molecular weight is 200 g/mol. The van der Waals surface area contributed by atoms with E-state index in [0.29, 0.717) is 12.8 Å². The molecule has 1 aliphatic carbocycles. The van der Waals surface area contributed by atoms with Gasteiger partial charge in [0.05, 0.1) is 6.42 Å². The minimum absolute atomic E-state index is 0.0770. The molecule has 84 valence electrons. The maximum Gasteiger partial charge on any atom is 0.140 e. The Morgan fingerprint density at radius 2 is 1.14 bits per heavy atom. The lowest BCUT2D eigenvalue weighted by Crippen LogP contribution is -2.28. The van der Waals surface area contributed by atoms with Crippen molar-refractivity contribution < 1.29 is 9.59 Å².